The first-order chi connectivity index (χ1) is 7.90. The van der Waals surface area contributed by atoms with Gasteiger partial charge in [0, 0.05) is 18.9 Å². The van der Waals surface area contributed by atoms with E-state index in [0.29, 0.717) is 5.75 Å². The van der Waals surface area contributed by atoms with Crippen LogP contribution < -0.4 is 14.3 Å². The van der Waals surface area contributed by atoms with E-state index in [-0.39, 0.29) is 24.0 Å². The van der Waals surface area contributed by atoms with Crippen LogP contribution in [0.25, 0.3) is 0 Å². The zero-order valence-corrected chi connectivity index (χ0v) is 13.9. The molecular formula is C13H21IN2O2. The summed E-state index contributed by atoms with van der Waals surface area (Å²) in [6.45, 7) is 5.00. The molecular weight excluding hydrogens is 343 g/mol. The molecule has 0 heterocycles. The molecule has 1 aromatic rings. The predicted octanol–water partition coefficient (Wildman–Crippen LogP) is 1.92. The molecule has 0 aliphatic carbocycles. The van der Waals surface area contributed by atoms with Gasteiger partial charge in [-0.1, -0.05) is 6.07 Å². The van der Waals surface area contributed by atoms with Crippen molar-refractivity contribution in [3.63, 3.8) is 0 Å². The molecule has 18 heavy (non-hydrogen) atoms. The van der Waals surface area contributed by atoms with Crippen molar-refractivity contribution in [1.82, 2.24) is 4.48 Å². The monoisotopic (exact) mass is 364 g/mol. The Kier molecular flexibility index (Phi) is 6.62. The Morgan fingerprint density at radius 1 is 1.39 bits per heavy atom. The summed E-state index contributed by atoms with van der Waals surface area (Å²) in [6, 6.07) is 5.92. The van der Waals surface area contributed by atoms with Crippen LogP contribution in [0, 0.1) is 6.92 Å². The van der Waals surface area contributed by atoms with Gasteiger partial charge < -0.3 is 9.84 Å². The molecule has 0 aliphatic heterocycles. The Morgan fingerprint density at radius 2 is 2.00 bits per heavy atom. The highest BCUT2D eigenvalue weighted by molar-refractivity contribution is 14.0. The Hall–Kier alpha value is -0.820. The largest absolute Gasteiger partial charge is 0.566 e. The van der Waals surface area contributed by atoms with E-state index in [0.717, 1.165) is 22.3 Å². The number of rotatable bonds is 3. The second-order valence-corrected chi connectivity index (χ2v) is 4.54. The van der Waals surface area contributed by atoms with Gasteiger partial charge in [0.25, 0.3) is 0 Å². The lowest BCUT2D eigenvalue weighted by atomic mass is 10.2. The number of ether oxygens (including phenoxy) is 1. The number of benzene rings is 1. The molecule has 0 saturated carbocycles. The summed E-state index contributed by atoms with van der Waals surface area (Å²) in [6.07, 6.45) is -0.563. The number of nitrogens with zero attached hydrogens (tertiary/aromatic N) is 2. The zero-order chi connectivity index (χ0) is 13.1. The van der Waals surface area contributed by atoms with Gasteiger partial charge in [0.15, 0.2) is 0 Å². The lowest BCUT2D eigenvalue weighted by molar-refractivity contribution is -0.240. The van der Waals surface area contributed by atoms with E-state index in [9.17, 15) is 5.11 Å². The highest BCUT2D eigenvalue weighted by atomic mass is 127. The quantitative estimate of drug-likeness (QED) is 0.356. The van der Waals surface area contributed by atoms with Crippen molar-refractivity contribution in [2.24, 2.45) is 4.99 Å². The zero-order valence-electron chi connectivity index (χ0n) is 11.6. The number of aliphatic imine (C=N–C) groups is 1. The van der Waals surface area contributed by atoms with Crippen LogP contribution in [0.1, 0.15) is 12.5 Å². The molecule has 0 amide bonds. The summed E-state index contributed by atoms with van der Waals surface area (Å²) in [5.74, 6) is 0.581. The number of hydrogen-bond donors (Lipinski definition) is 0. The van der Waals surface area contributed by atoms with Crippen LogP contribution in [0.15, 0.2) is 23.2 Å². The minimum atomic E-state index is -0.563. The van der Waals surface area contributed by atoms with Gasteiger partial charge >= 0.3 is 0 Å². The first kappa shape index (κ1) is 17.2. The molecule has 0 radical (unpaired) electrons. The fourth-order valence-electron chi connectivity index (χ4n) is 1.40. The third-order valence-corrected chi connectivity index (χ3v) is 3.04. The van der Waals surface area contributed by atoms with Gasteiger partial charge in [0.05, 0.1) is 20.6 Å². The molecule has 0 spiro atoms. The van der Waals surface area contributed by atoms with Crippen LogP contribution in [-0.4, -0.2) is 33.8 Å². The second kappa shape index (κ2) is 6.94. The van der Waals surface area contributed by atoms with Crippen molar-refractivity contribution in [2.45, 2.75) is 13.8 Å². The van der Waals surface area contributed by atoms with Crippen molar-refractivity contribution in [2.75, 3.05) is 27.7 Å². The van der Waals surface area contributed by atoms with Gasteiger partial charge in [-0.05, 0) is 25.5 Å². The standard InChI is InChI=1S/C13H20N2O2.HI/c1-6-15(4,5)11-8-7-10(2)12(9-11)17-13(16)14-3;/h7-9H,6H2,1-5H3;1H. The molecule has 0 saturated heterocycles. The molecule has 0 bridgehead atoms. The van der Waals surface area contributed by atoms with Gasteiger partial charge in [-0.3, -0.25) is 9.48 Å². The highest BCUT2D eigenvalue weighted by Crippen LogP contribution is 2.27. The molecule has 102 valence electrons. The molecule has 0 N–H and O–H groups in total. The average molecular weight is 364 g/mol. The van der Waals surface area contributed by atoms with Gasteiger partial charge in [0.1, 0.15) is 11.8 Å². The van der Waals surface area contributed by atoms with Gasteiger partial charge in [0.2, 0.25) is 0 Å². The van der Waals surface area contributed by atoms with Crippen LogP contribution >= 0.6 is 24.0 Å². The molecule has 1 rings (SSSR count). The van der Waals surface area contributed by atoms with Crippen LogP contribution in [-0.2, 0) is 0 Å². The van der Waals surface area contributed by atoms with Gasteiger partial charge in [-0.15, -0.1) is 24.0 Å². The molecule has 4 nitrogen and oxygen atoms in total. The Labute approximate surface area is 126 Å². The van der Waals surface area contributed by atoms with E-state index in [1.165, 1.54) is 7.05 Å². The summed E-state index contributed by atoms with van der Waals surface area (Å²) < 4.78 is 5.90. The van der Waals surface area contributed by atoms with E-state index < -0.39 is 6.08 Å². The third kappa shape index (κ3) is 4.13. The molecule has 0 fully saturated rings. The van der Waals surface area contributed by atoms with Crippen molar-refractivity contribution >= 4 is 35.7 Å². The first-order valence-electron chi connectivity index (χ1n) is 5.66. The predicted molar refractivity (Wildman–Crippen MR) is 84.8 cm³/mol. The van der Waals surface area contributed by atoms with E-state index >= 15 is 0 Å². The van der Waals surface area contributed by atoms with E-state index in [1.54, 1.807) is 0 Å². The van der Waals surface area contributed by atoms with Crippen LogP contribution in [0.5, 0.6) is 5.75 Å². The molecule has 0 atom stereocenters. The summed E-state index contributed by atoms with van der Waals surface area (Å²) in [5.41, 5.74) is 2.04. The molecule has 0 aliphatic rings. The first-order valence-corrected chi connectivity index (χ1v) is 5.66. The maximum absolute atomic E-state index is 11.2. The van der Waals surface area contributed by atoms with Crippen molar-refractivity contribution in [3.8, 4) is 5.75 Å². The number of halogens is 1. The molecule has 5 heteroatoms. The van der Waals surface area contributed by atoms with E-state index in [1.807, 2.05) is 19.1 Å². The maximum Gasteiger partial charge on any atom is 0.149 e. The molecule has 0 aromatic heterocycles. The summed E-state index contributed by atoms with van der Waals surface area (Å²) >= 11 is 0. The van der Waals surface area contributed by atoms with E-state index in [2.05, 4.69) is 32.1 Å². The SMILES string of the molecule is CC[N+](C)(C)c1ccc(C)c(OC([O-])=NC)c1.I. The lowest BCUT2D eigenvalue weighted by Crippen LogP contribution is -2.39. The molecule has 1 aromatic carbocycles. The van der Waals surface area contributed by atoms with Gasteiger partial charge in [-0.25, -0.2) is 0 Å². The number of quaternary nitrogens is 1. The third-order valence-electron chi connectivity index (χ3n) is 3.04. The Morgan fingerprint density at radius 3 is 2.50 bits per heavy atom. The smallest absolute Gasteiger partial charge is 0.149 e. The van der Waals surface area contributed by atoms with Crippen LogP contribution in [0.2, 0.25) is 0 Å². The summed E-state index contributed by atoms with van der Waals surface area (Å²) in [7, 11) is 5.65. The molecule has 0 unspecified atom stereocenters. The fraction of sp³-hybridized carbons (Fsp3) is 0.462. The lowest BCUT2D eigenvalue weighted by Gasteiger charge is -2.29. The number of aryl methyl sites for hydroxylation is 1. The minimum absolute atomic E-state index is 0. The second-order valence-electron chi connectivity index (χ2n) is 4.54. The summed E-state index contributed by atoms with van der Waals surface area (Å²) in [5, 5.41) is 11.2. The number of hydrogen-bond acceptors (Lipinski definition) is 3. The topological polar surface area (TPSA) is 44.6 Å². The highest BCUT2D eigenvalue weighted by Gasteiger charge is 2.16. The Balaban J connectivity index is 0.00000289. The normalized spacial score (nSPS) is 11.9. The van der Waals surface area contributed by atoms with Crippen molar-refractivity contribution in [3.05, 3.63) is 23.8 Å². The minimum Gasteiger partial charge on any atom is -0.566 e. The summed E-state index contributed by atoms with van der Waals surface area (Å²) in [4.78, 5) is 3.47. The average Bonchev–Trinajstić information content (AvgIpc) is 2.31. The maximum atomic E-state index is 11.2. The van der Waals surface area contributed by atoms with Crippen molar-refractivity contribution in [1.29, 1.82) is 0 Å². The Bertz CT molecular complexity index is 431. The van der Waals surface area contributed by atoms with Gasteiger partial charge in [-0.2, -0.15) is 0 Å². The van der Waals surface area contributed by atoms with Crippen molar-refractivity contribution < 1.29 is 9.84 Å². The van der Waals surface area contributed by atoms with E-state index in [4.69, 9.17) is 4.74 Å². The van der Waals surface area contributed by atoms with Crippen LogP contribution in [0.4, 0.5) is 5.69 Å². The fourth-order valence-corrected chi connectivity index (χ4v) is 1.40. The van der Waals surface area contributed by atoms with Crippen LogP contribution in [0.3, 0.4) is 0 Å².